The normalized spacial score (nSPS) is 22.0. The van der Waals surface area contributed by atoms with E-state index in [0.717, 1.165) is 0 Å². The highest BCUT2D eigenvalue weighted by Crippen LogP contribution is 2.25. The number of hydrogen-bond donors (Lipinski definition) is 1. The van der Waals surface area contributed by atoms with Crippen LogP contribution in [0, 0.1) is 0 Å². The van der Waals surface area contributed by atoms with E-state index < -0.39 is 21.8 Å². The van der Waals surface area contributed by atoms with Crippen LogP contribution in [0.5, 0.6) is 5.75 Å². The molecule has 1 fully saturated rings. The van der Waals surface area contributed by atoms with Crippen LogP contribution in [0.25, 0.3) is 0 Å². The van der Waals surface area contributed by atoms with Gasteiger partial charge in [0.15, 0.2) is 9.84 Å². The number of anilines is 1. The molecular formula is C17H21N3O5S. The maximum Gasteiger partial charge on any atom is 0.271 e. The second kappa shape index (κ2) is 7.45. The maximum absolute atomic E-state index is 12.6. The molecule has 0 spiro atoms. The fourth-order valence-corrected chi connectivity index (χ4v) is 4.73. The van der Waals surface area contributed by atoms with Gasteiger partial charge in [-0.1, -0.05) is 12.1 Å². The first-order valence-corrected chi connectivity index (χ1v) is 10.3. The maximum atomic E-state index is 12.6. The van der Waals surface area contributed by atoms with Gasteiger partial charge in [-0.2, -0.15) is 5.10 Å². The number of ether oxygens (including phenoxy) is 1. The number of nitrogens with one attached hydrogen (secondary N) is 1. The van der Waals surface area contributed by atoms with Crippen molar-refractivity contribution >= 4 is 33.1 Å². The van der Waals surface area contributed by atoms with Crippen LogP contribution in [0.3, 0.4) is 0 Å². The smallest absolute Gasteiger partial charge is 0.271 e. The number of amides is 2. The Balaban J connectivity index is 1.77. The monoisotopic (exact) mass is 379 g/mol. The summed E-state index contributed by atoms with van der Waals surface area (Å²) in [5, 5.41) is 8.10. The van der Waals surface area contributed by atoms with Gasteiger partial charge >= 0.3 is 0 Å². The van der Waals surface area contributed by atoms with Crippen LogP contribution >= 0.6 is 0 Å². The second-order valence-corrected chi connectivity index (χ2v) is 8.45. The molecule has 2 aliphatic heterocycles. The number of para-hydroxylation sites is 2. The van der Waals surface area contributed by atoms with Crippen molar-refractivity contribution in [3.8, 4) is 5.75 Å². The molecule has 0 bridgehead atoms. The Hall–Kier alpha value is -2.42. The van der Waals surface area contributed by atoms with E-state index in [1.807, 2.05) is 6.92 Å². The van der Waals surface area contributed by atoms with Crippen molar-refractivity contribution in [2.75, 3.05) is 23.4 Å². The third-order valence-electron chi connectivity index (χ3n) is 4.31. The van der Waals surface area contributed by atoms with Crippen molar-refractivity contribution in [3.63, 3.8) is 0 Å². The molecule has 0 aliphatic carbocycles. The van der Waals surface area contributed by atoms with E-state index in [2.05, 4.69) is 10.4 Å². The zero-order chi connectivity index (χ0) is 18.7. The van der Waals surface area contributed by atoms with E-state index in [0.29, 0.717) is 24.5 Å². The van der Waals surface area contributed by atoms with Gasteiger partial charge in [-0.05, 0) is 25.5 Å². The van der Waals surface area contributed by atoms with Gasteiger partial charge in [-0.3, -0.25) is 9.59 Å². The molecule has 0 saturated carbocycles. The molecule has 140 valence electrons. The SMILES string of the molecule is CCOc1ccccc1NC(=O)C1=NN([C@H]2CCS(=O)(=O)C2)C(=O)CC1. The molecule has 0 unspecified atom stereocenters. The van der Waals surface area contributed by atoms with Gasteiger partial charge < -0.3 is 10.1 Å². The van der Waals surface area contributed by atoms with E-state index >= 15 is 0 Å². The third-order valence-corrected chi connectivity index (χ3v) is 6.06. The summed E-state index contributed by atoms with van der Waals surface area (Å²) in [7, 11) is -3.15. The summed E-state index contributed by atoms with van der Waals surface area (Å²) >= 11 is 0. The molecule has 1 N–H and O–H groups in total. The number of benzene rings is 1. The van der Waals surface area contributed by atoms with Gasteiger partial charge in [-0.25, -0.2) is 13.4 Å². The molecule has 26 heavy (non-hydrogen) atoms. The summed E-state index contributed by atoms with van der Waals surface area (Å²) in [5.74, 6) is -0.187. The average molecular weight is 379 g/mol. The number of rotatable bonds is 5. The van der Waals surface area contributed by atoms with Crippen molar-refractivity contribution in [2.24, 2.45) is 5.10 Å². The highest BCUT2D eigenvalue weighted by molar-refractivity contribution is 7.91. The Morgan fingerprint density at radius 3 is 2.81 bits per heavy atom. The first-order valence-electron chi connectivity index (χ1n) is 8.53. The summed E-state index contributed by atoms with van der Waals surface area (Å²) in [6, 6.07) is 6.56. The van der Waals surface area contributed by atoms with E-state index in [1.54, 1.807) is 24.3 Å². The van der Waals surface area contributed by atoms with Crippen molar-refractivity contribution in [1.82, 2.24) is 5.01 Å². The van der Waals surface area contributed by atoms with Crippen LogP contribution in [-0.4, -0.2) is 55.1 Å². The number of hydrogen-bond acceptors (Lipinski definition) is 6. The van der Waals surface area contributed by atoms with E-state index in [9.17, 15) is 18.0 Å². The fraction of sp³-hybridized carbons (Fsp3) is 0.471. The van der Waals surface area contributed by atoms with Crippen molar-refractivity contribution in [1.29, 1.82) is 0 Å². The van der Waals surface area contributed by atoms with E-state index in [4.69, 9.17) is 4.74 Å². The lowest BCUT2D eigenvalue weighted by molar-refractivity contribution is -0.133. The number of hydrazone groups is 1. The van der Waals surface area contributed by atoms with E-state index in [1.165, 1.54) is 5.01 Å². The summed E-state index contributed by atoms with van der Waals surface area (Å²) in [4.78, 5) is 24.7. The lowest BCUT2D eigenvalue weighted by atomic mass is 10.1. The highest BCUT2D eigenvalue weighted by atomic mass is 32.2. The molecule has 0 radical (unpaired) electrons. The number of carbonyl (C=O) groups is 2. The van der Waals surface area contributed by atoms with Crippen LogP contribution < -0.4 is 10.1 Å². The fourth-order valence-electron chi connectivity index (χ4n) is 3.03. The Bertz CT molecular complexity index is 850. The molecule has 2 heterocycles. The molecule has 9 heteroatoms. The Labute approximate surface area is 152 Å². The Kier molecular flexibility index (Phi) is 5.26. The molecule has 1 atom stereocenters. The lowest BCUT2D eigenvalue weighted by Crippen LogP contribution is -2.42. The van der Waals surface area contributed by atoms with Crippen LogP contribution in [-0.2, 0) is 19.4 Å². The molecule has 1 aromatic carbocycles. The van der Waals surface area contributed by atoms with Gasteiger partial charge in [0, 0.05) is 12.8 Å². The second-order valence-electron chi connectivity index (χ2n) is 6.23. The zero-order valence-electron chi connectivity index (χ0n) is 14.5. The van der Waals surface area contributed by atoms with Gasteiger partial charge in [0.2, 0.25) is 5.91 Å². The molecule has 3 rings (SSSR count). The quantitative estimate of drug-likeness (QED) is 0.827. The Morgan fingerprint density at radius 1 is 1.35 bits per heavy atom. The minimum Gasteiger partial charge on any atom is -0.492 e. The minimum absolute atomic E-state index is 0.0419. The summed E-state index contributed by atoms with van der Waals surface area (Å²) in [6.07, 6.45) is 0.701. The van der Waals surface area contributed by atoms with Crippen molar-refractivity contribution < 1.29 is 22.7 Å². The molecule has 2 aliphatic rings. The van der Waals surface area contributed by atoms with Crippen molar-refractivity contribution in [3.05, 3.63) is 24.3 Å². The largest absolute Gasteiger partial charge is 0.492 e. The summed E-state index contributed by atoms with van der Waals surface area (Å²) in [5.41, 5.74) is 0.731. The predicted octanol–water partition coefficient (Wildman–Crippen LogP) is 1.19. The highest BCUT2D eigenvalue weighted by Gasteiger charge is 2.37. The first kappa shape index (κ1) is 18.4. The zero-order valence-corrected chi connectivity index (χ0v) is 15.3. The van der Waals surface area contributed by atoms with Crippen LogP contribution in [0.4, 0.5) is 5.69 Å². The first-order chi connectivity index (χ1) is 12.4. The van der Waals surface area contributed by atoms with Crippen LogP contribution in [0.1, 0.15) is 26.2 Å². The minimum atomic E-state index is -3.15. The number of carbonyl (C=O) groups excluding carboxylic acids is 2. The third kappa shape index (κ3) is 4.04. The molecule has 2 amide bonds. The van der Waals surface area contributed by atoms with Crippen LogP contribution in [0.15, 0.2) is 29.4 Å². The predicted molar refractivity (Wildman–Crippen MR) is 96.8 cm³/mol. The molecule has 1 saturated heterocycles. The standard InChI is InChI=1S/C17H21N3O5S/c1-2-25-15-6-4-3-5-13(15)18-17(22)14-7-8-16(21)20(19-14)12-9-10-26(23,24)11-12/h3-6,12H,2,7-11H2,1H3,(H,18,22)/t12-/m0/s1. The van der Waals surface area contributed by atoms with Gasteiger partial charge in [0.05, 0.1) is 29.8 Å². The number of nitrogens with zero attached hydrogens (tertiary/aromatic N) is 2. The Morgan fingerprint density at radius 2 is 2.12 bits per heavy atom. The molecule has 8 nitrogen and oxygen atoms in total. The van der Waals surface area contributed by atoms with Gasteiger partial charge in [0.25, 0.3) is 5.91 Å². The lowest BCUT2D eigenvalue weighted by Gasteiger charge is -2.27. The molecule has 0 aromatic heterocycles. The van der Waals surface area contributed by atoms with Gasteiger partial charge in [0.1, 0.15) is 11.5 Å². The van der Waals surface area contributed by atoms with Crippen molar-refractivity contribution in [2.45, 2.75) is 32.2 Å². The summed E-state index contributed by atoms with van der Waals surface area (Å²) in [6.45, 7) is 2.31. The topological polar surface area (TPSA) is 105 Å². The van der Waals surface area contributed by atoms with Gasteiger partial charge in [-0.15, -0.1) is 0 Å². The van der Waals surface area contributed by atoms with E-state index in [-0.39, 0.29) is 36.0 Å². The molecule has 1 aromatic rings. The summed E-state index contributed by atoms with van der Waals surface area (Å²) < 4.78 is 28.8. The number of sulfone groups is 1. The average Bonchev–Trinajstić information content (AvgIpc) is 2.97. The van der Waals surface area contributed by atoms with Crippen LogP contribution in [0.2, 0.25) is 0 Å². The molecular weight excluding hydrogens is 358 g/mol.